The van der Waals surface area contributed by atoms with Gasteiger partial charge in [-0.05, 0) is 37.3 Å². The molecule has 0 bridgehead atoms. The highest BCUT2D eigenvalue weighted by atomic mass is 16.7. The molecular formula is C13H17NO3. The number of nitrogens with zero attached hydrogens (tertiary/aromatic N) is 1. The summed E-state index contributed by atoms with van der Waals surface area (Å²) < 4.78 is 10.4. The second-order valence-electron chi connectivity index (χ2n) is 4.20. The van der Waals surface area contributed by atoms with Crippen molar-refractivity contribution in [3.05, 3.63) is 28.6 Å². The maximum absolute atomic E-state index is 11.1. The van der Waals surface area contributed by atoms with Gasteiger partial charge in [0.05, 0.1) is 0 Å². The monoisotopic (exact) mass is 235 g/mol. The number of ether oxygens (including phenoxy) is 2. The van der Waals surface area contributed by atoms with Crippen LogP contribution in [0.25, 0.3) is 0 Å². The highest BCUT2D eigenvalue weighted by Gasteiger charge is 2.20. The lowest BCUT2D eigenvalue weighted by Crippen LogP contribution is -2.14. The van der Waals surface area contributed by atoms with Crippen molar-refractivity contribution >= 4 is 6.29 Å². The normalized spacial score (nSPS) is 14.8. The Kier molecular flexibility index (Phi) is 3.86. The van der Waals surface area contributed by atoms with Crippen molar-refractivity contribution in [3.63, 3.8) is 0 Å². The number of methoxy groups -OCH3 is 2. The molecule has 0 aromatic carbocycles. The molecule has 1 aliphatic rings. The predicted octanol–water partition coefficient (Wildman–Crippen LogP) is 2.06. The molecule has 0 atom stereocenters. The van der Waals surface area contributed by atoms with Crippen molar-refractivity contribution in [3.8, 4) is 0 Å². The molecule has 4 heteroatoms. The quantitative estimate of drug-likeness (QED) is 0.592. The number of aryl methyl sites for hydroxylation is 2. The first kappa shape index (κ1) is 12.2. The van der Waals surface area contributed by atoms with Crippen LogP contribution in [0.2, 0.25) is 0 Å². The fourth-order valence-corrected chi connectivity index (χ4v) is 2.27. The minimum absolute atomic E-state index is 0.567. The van der Waals surface area contributed by atoms with Crippen molar-refractivity contribution < 1.29 is 14.3 Å². The Morgan fingerprint density at radius 1 is 1.29 bits per heavy atom. The molecule has 0 saturated carbocycles. The van der Waals surface area contributed by atoms with Gasteiger partial charge in [0.15, 0.2) is 6.29 Å². The van der Waals surface area contributed by atoms with Gasteiger partial charge in [-0.15, -0.1) is 0 Å². The number of carbonyl (C=O) groups excluding carboxylic acids is 1. The van der Waals surface area contributed by atoms with Gasteiger partial charge < -0.3 is 9.47 Å². The molecule has 0 fully saturated rings. The number of carbonyl (C=O) groups is 1. The molecular weight excluding hydrogens is 218 g/mol. The summed E-state index contributed by atoms with van der Waals surface area (Å²) in [5, 5.41) is 0. The summed E-state index contributed by atoms with van der Waals surface area (Å²) in [6.45, 7) is 0. The Labute approximate surface area is 101 Å². The third-order valence-corrected chi connectivity index (χ3v) is 3.14. The van der Waals surface area contributed by atoms with Crippen LogP contribution in [0.3, 0.4) is 0 Å². The molecule has 0 amide bonds. The number of hydrogen-bond acceptors (Lipinski definition) is 4. The largest absolute Gasteiger partial charge is 0.350 e. The summed E-state index contributed by atoms with van der Waals surface area (Å²) in [7, 11) is 3.09. The highest BCUT2D eigenvalue weighted by Crippen LogP contribution is 2.25. The van der Waals surface area contributed by atoms with Crippen LogP contribution in [0.4, 0.5) is 0 Å². The van der Waals surface area contributed by atoms with Gasteiger partial charge in [0.25, 0.3) is 0 Å². The van der Waals surface area contributed by atoms with Crippen LogP contribution in [0.5, 0.6) is 0 Å². The van der Waals surface area contributed by atoms with Gasteiger partial charge in [0.2, 0.25) is 6.29 Å². The summed E-state index contributed by atoms with van der Waals surface area (Å²) in [5.41, 5.74) is 3.43. The van der Waals surface area contributed by atoms with Crippen molar-refractivity contribution in [1.82, 2.24) is 4.98 Å². The average Bonchev–Trinajstić information content (AvgIpc) is 2.39. The van der Waals surface area contributed by atoms with Gasteiger partial charge >= 0.3 is 0 Å². The first-order valence-electron chi connectivity index (χ1n) is 5.83. The lowest BCUT2D eigenvalue weighted by atomic mass is 9.94. The third-order valence-electron chi connectivity index (χ3n) is 3.14. The molecule has 1 aliphatic carbocycles. The Bertz CT molecular complexity index is 413. The van der Waals surface area contributed by atoms with Crippen LogP contribution in [0, 0.1) is 0 Å². The lowest BCUT2D eigenvalue weighted by molar-refractivity contribution is -0.108. The van der Waals surface area contributed by atoms with E-state index >= 15 is 0 Å². The van der Waals surface area contributed by atoms with Gasteiger partial charge in [-0.1, -0.05) is 0 Å². The van der Waals surface area contributed by atoms with Crippen LogP contribution < -0.4 is 0 Å². The van der Waals surface area contributed by atoms with E-state index in [9.17, 15) is 4.79 Å². The van der Waals surface area contributed by atoms with E-state index in [1.54, 1.807) is 14.2 Å². The van der Waals surface area contributed by atoms with E-state index in [1.807, 2.05) is 6.07 Å². The summed E-state index contributed by atoms with van der Waals surface area (Å²) in [4.78, 5) is 15.6. The Hall–Kier alpha value is -1.26. The summed E-state index contributed by atoms with van der Waals surface area (Å²) in [6.07, 6.45) is 4.56. The fraction of sp³-hybridized carbons (Fsp3) is 0.538. The predicted molar refractivity (Wildman–Crippen MR) is 63.0 cm³/mol. The molecule has 4 nitrogen and oxygen atoms in total. The average molecular weight is 235 g/mol. The molecule has 1 aromatic rings. The zero-order valence-corrected chi connectivity index (χ0v) is 10.2. The maximum atomic E-state index is 11.1. The minimum Gasteiger partial charge on any atom is -0.350 e. The van der Waals surface area contributed by atoms with E-state index in [-0.39, 0.29) is 0 Å². The topological polar surface area (TPSA) is 48.4 Å². The Balaban J connectivity index is 2.46. The highest BCUT2D eigenvalue weighted by molar-refractivity contribution is 5.77. The molecule has 17 heavy (non-hydrogen) atoms. The van der Waals surface area contributed by atoms with Gasteiger partial charge in [0, 0.05) is 25.5 Å². The van der Waals surface area contributed by atoms with Crippen LogP contribution in [-0.4, -0.2) is 25.5 Å². The molecule has 1 aromatic heterocycles. The van der Waals surface area contributed by atoms with Gasteiger partial charge in [-0.25, -0.2) is 0 Å². The maximum Gasteiger partial charge on any atom is 0.201 e. The van der Waals surface area contributed by atoms with Gasteiger partial charge in [-0.3, -0.25) is 9.78 Å². The van der Waals surface area contributed by atoms with Crippen molar-refractivity contribution in [2.24, 2.45) is 0 Å². The molecule has 92 valence electrons. The number of pyridine rings is 1. The van der Waals surface area contributed by atoms with Crippen molar-refractivity contribution in [2.45, 2.75) is 32.0 Å². The van der Waals surface area contributed by atoms with Crippen LogP contribution in [0.1, 0.15) is 46.4 Å². The first-order chi connectivity index (χ1) is 8.30. The summed E-state index contributed by atoms with van der Waals surface area (Å²) >= 11 is 0. The molecule has 2 rings (SSSR count). The zero-order chi connectivity index (χ0) is 12.3. The van der Waals surface area contributed by atoms with E-state index in [1.165, 1.54) is 12.0 Å². The molecule has 0 unspecified atom stereocenters. The fourth-order valence-electron chi connectivity index (χ4n) is 2.27. The van der Waals surface area contributed by atoms with Gasteiger partial charge in [-0.2, -0.15) is 0 Å². The third kappa shape index (κ3) is 2.37. The Morgan fingerprint density at radius 2 is 2.00 bits per heavy atom. The molecule has 0 aliphatic heterocycles. The summed E-state index contributed by atoms with van der Waals surface area (Å²) in [5.74, 6) is 0. The van der Waals surface area contributed by atoms with Crippen molar-refractivity contribution in [1.29, 1.82) is 0 Å². The SMILES string of the molecule is COC(OC)c1nc2c(cc1C=O)CCCC2. The number of aromatic nitrogens is 1. The zero-order valence-electron chi connectivity index (χ0n) is 10.2. The van der Waals surface area contributed by atoms with Gasteiger partial charge in [0.1, 0.15) is 5.69 Å². The van der Waals surface area contributed by atoms with Crippen LogP contribution in [-0.2, 0) is 22.3 Å². The van der Waals surface area contributed by atoms with E-state index in [4.69, 9.17) is 9.47 Å². The number of aldehydes is 1. The Morgan fingerprint density at radius 3 is 2.65 bits per heavy atom. The lowest BCUT2D eigenvalue weighted by Gasteiger charge is -2.20. The van der Waals surface area contributed by atoms with E-state index in [0.717, 1.165) is 31.2 Å². The van der Waals surface area contributed by atoms with Crippen LogP contribution >= 0.6 is 0 Å². The standard InChI is InChI=1S/C13H17NO3/c1-16-13(17-2)12-10(8-15)7-9-5-3-4-6-11(9)14-12/h7-8,13H,3-6H2,1-2H3. The first-order valence-corrected chi connectivity index (χ1v) is 5.83. The second kappa shape index (κ2) is 5.38. The molecule has 0 saturated heterocycles. The van der Waals surface area contributed by atoms with E-state index in [0.29, 0.717) is 11.3 Å². The molecule has 0 N–H and O–H groups in total. The number of fused-ring (bicyclic) bond motifs is 1. The number of rotatable bonds is 4. The summed E-state index contributed by atoms with van der Waals surface area (Å²) in [6, 6.07) is 1.93. The van der Waals surface area contributed by atoms with Crippen LogP contribution in [0.15, 0.2) is 6.07 Å². The van der Waals surface area contributed by atoms with Crippen molar-refractivity contribution in [2.75, 3.05) is 14.2 Å². The minimum atomic E-state index is -0.567. The number of hydrogen-bond donors (Lipinski definition) is 0. The van der Waals surface area contributed by atoms with E-state index < -0.39 is 6.29 Å². The smallest absolute Gasteiger partial charge is 0.201 e. The molecule has 1 heterocycles. The second-order valence-corrected chi connectivity index (χ2v) is 4.20. The van der Waals surface area contributed by atoms with E-state index in [2.05, 4.69) is 4.98 Å². The molecule has 0 radical (unpaired) electrons. The molecule has 0 spiro atoms.